The van der Waals surface area contributed by atoms with Crippen molar-refractivity contribution in [3.8, 4) is 0 Å². The van der Waals surface area contributed by atoms with E-state index < -0.39 is 0 Å². The van der Waals surface area contributed by atoms with Crippen LogP contribution in [-0.2, 0) is 6.42 Å². The topological polar surface area (TPSA) is 64.9 Å². The van der Waals surface area contributed by atoms with Crippen LogP contribution in [0, 0.1) is 23.7 Å². The molecule has 17 heavy (non-hydrogen) atoms. The lowest BCUT2D eigenvalue weighted by atomic mass is 10.0. The van der Waals surface area contributed by atoms with Gasteiger partial charge in [0.25, 0.3) is 0 Å². The van der Waals surface area contributed by atoms with E-state index in [1.54, 1.807) is 0 Å². The van der Waals surface area contributed by atoms with Gasteiger partial charge in [-0.15, -0.1) is 0 Å². The molecule has 1 aromatic rings. The summed E-state index contributed by atoms with van der Waals surface area (Å²) >= 11 is 0. The summed E-state index contributed by atoms with van der Waals surface area (Å²) in [6.45, 7) is 1.97. The molecule has 0 amide bonds. The van der Waals surface area contributed by atoms with Gasteiger partial charge in [-0.25, -0.2) is 0 Å². The molecule has 0 saturated heterocycles. The van der Waals surface area contributed by atoms with Crippen molar-refractivity contribution in [3.63, 3.8) is 0 Å². The van der Waals surface area contributed by atoms with Crippen molar-refractivity contribution >= 4 is 0 Å². The van der Waals surface area contributed by atoms with Crippen LogP contribution >= 0.6 is 0 Å². The highest BCUT2D eigenvalue weighted by Gasteiger charge is 2.67. The number of nitrogens with two attached hydrogens (primary N) is 1. The van der Waals surface area contributed by atoms with E-state index in [0.717, 1.165) is 41.8 Å². The van der Waals surface area contributed by atoms with Crippen LogP contribution in [0.3, 0.4) is 0 Å². The minimum absolute atomic E-state index is 0.107. The smallest absolute Gasteiger partial charge is 0.230 e. The Morgan fingerprint density at radius 2 is 2.06 bits per heavy atom. The van der Waals surface area contributed by atoms with Gasteiger partial charge in [-0.3, -0.25) is 0 Å². The lowest BCUT2D eigenvalue weighted by molar-refractivity contribution is 0.351. The molecule has 4 heteroatoms. The van der Waals surface area contributed by atoms with Crippen molar-refractivity contribution in [2.75, 3.05) is 0 Å². The van der Waals surface area contributed by atoms with E-state index in [1.807, 2.05) is 6.92 Å². The van der Waals surface area contributed by atoms with E-state index in [2.05, 4.69) is 10.1 Å². The van der Waals surface area contributed by atoms with Gasteiger partial charge in [-0.05, 0) is 49.9 Å². The molecule has 1 heterocycles. The monoisotopic (exact) mass is 233 g/mol. The normalized spacial score (nSPS) is 43.8. The molecule has 2 N–H and O–H groups in total. The third-order valence-corrected chi connectivity index (χ3v) is 5.01. The molecule has 5 atom stereocenters. The van der Waals surface area contributed by atoms with Crippen LogP contribution in [0.5, 0.6) is 0 Å². The largest absolute Gasteiger partial charge is 0.339 e. The lowest BCUT2D eigenvalue weighted by Gasteiger charge is -2.04. The summed E-state index contributed by atoms with van der Waals surface area (Å²) in [6.07, 6.45) is 5.05. The molecule has 2 bridgehead atoms. The predicted molar refractivity (Wildman–Crippen MR) is 62.2 cm³/mol. The Hall–Kier alpha value is -0.900. The second kappa shape index (κ2) is 3.31. The summed E-state index contributed by atoms with van der Waals surface area (Å²) < 4.78 is 5.43. The molecule has 0 aliphatic heterocycles. The second-order valence-corrected chi connectivity index (χ2v) is 6.24. The molecule has 1 aromatic heterocycles. The van der Waals surface area contributed by atoms with Crippen LogP contribution in [-0.4, -0.2) is 16.2 Å². The average Bonchev–Trinajstić information content (AvgIpc) is 2.71. The highest BCUT2D eigenvalue weighted by Crippen LogP contribution is 2.72. The van der Waals surface area contributed by atoms with E-state index in [1.165, 1.54) is 19.3 Å². The first-order chi connectivity index (χ1) is 8.24. The fourth-order valence-electron chi connectivity index (χ4n) is 4.43. The van der Waals surface area contributed by atoms with Crippen LogP contribution in [0.15, 0.2) is 4.52 Å². The summed E-state index contributed by atoms with van der Waals surface area (Å²) in [5, 5.41) is 4.05. The molecule has 5 unspecified atom stereocenters. The molecule has 4 nitrogen and oxygen atoms in total. The van der Waals surface area contributed by atoms with Crippen molar-refractivity contribution in [2.24, 2.45) is 29.4 Å². The highest BCUT2D eigenvalue weighted by atomic mass is 16.5. The van der Waals surface area contributed by atoms with Crippen molar-refractivity contribution < 1.29 is 4.52 Å². The van der Waals surface area contributed by atoms with E-state index >= 15 is 0 Å². The zero-order valence-corrected chi connectivity index (χ0v) is 10.2. The third-order valence-electron chi connectivity index (χ3n) is 5.01. The Morgan fingerprint density at radius 3 is 2.71 bits per heavy atom. The fourth-order valence-corrected chi connectivity index (χ4v) is 4.43. The van der Waals surface area contributed by atoms with Crippen LogP contribution < -0.4 is 5.73 Å². The molecule has 4 rings (SSSR count). The molecular weight excluding hydrogens is 214 g/mol. The van der Waals surface area contributed by atoms with Gasteiger partial charge in [0.1, 0.15) is 0 Å². The van der Waals surface area contributed by atoms with Gasteiger partial charge in [0.2, 0.25) is 5.89 Å². The summed E-state index contributed by atoms with van der Waals surface area (Å²) in [7, 11) is 0. The molecule has 0 radical (unpaired) electrons. The number of hydrogen-bond donors (Lipinski definition) is 1. The minimum Gasteiger partial charge on any atom is -0.339 e. The van der Waals surface area contributed by atoms with E-state index in [9.17, 15) is 0 Å². The molecule has 92 valence electrons. The Kier molecular flexibility index (Phi) is 1.96. The second-order valence-electron chi connectivity index (χ2n) is 6.24. The van der Waals surface area contributed by atoms with Gasteiger partial charge in [0.15, 0.2) is 5.82 Å². The Morgan fingerprint density at radius 1 is 1.35 bits per heavy atom. The van der Waals surface area contributed by atoms with Crippen molar-refractivity contribution in [1.82, 2.24) is 10.1 Å². The predicted octanol–water partition coefficient (Wildman–Crippen LogP) is 1.72. The quantitative estimate of drug-likeness (QED) is 0.863. The Balaban J connectivity index is 1.52. The first-order valence-corrected chi connectivity index (χ1v) is 6.82. The van der Waals surface area contributed by atoms with Gasteiger partial charge in [0.05, 0.1) is 0 Å². The third kappa shape index (κ3) is 1.39. The van der Waals surface area contributed by atoms with Crippen LogP contribution in [0.2, 0.25) is 0 Å². The number of rotatable bonds is 3. The summed E-state index contributed by atoms with van der Waals surface area (Å²) in [4.78, 5) is 4.53. The van der Waals surface area contributed by atoms with Crippen molar-refractivity contribution in [2.45, 2.75) is 44.6 Å². The van der Waals surface area contributed by atoms with Crippen molar-refractivity contribution in [3.05, 3.63) is 11.7 Å². The molecule has 3 fully saturated rings. The number of aromatic nitrogens is 2. The van der Waals surface area contributed by atoms with Gasteiger partial charge < -0.3 is 10.3 Å². The van der Waals surface area contributed by atoms with E-state index in [-0.39, 0.29) is 6.04 Å². The van der Waals surface area contributed by atoms with Crippen LogP contribution in [0.4, 0.5) is 0 Å². The van der Waals surface area contributed by atoms with Crippen LogP contribution in [0.25, 0.3) is 0 Å². The lowest BCUT2D eigenvalue weighted by Crippen LogP contribution is -2.18. The standard InChI is InChI=1S/C13H19N3O/c1-6(14)4-9-15-13(17-16-9)12-10-7-2-3-8(5-7)11(10)12/h6-8,10-12H,2-5,14H2,1H3. The molecule has 3 saturated carbocycles. The zero-order chi connectivity index (χ0) is 11.6. The van der Waals surface area contributed by atoms with Gasteiger partial charge >= 0.3 is 0 Å². The first-order valence-electron chi connectivity index (χ1n) is 6.82. The summed E-state index contributed by atoms with van der Waals surface area (Å²) in [6, 6.07) is 0.107. The summed E-state index contributed by atoms with van der Waals surface area (Å²) in [5.41, 5.74) is 5.75. The SMILES string of the molecule is CC(N)Cc1noc(C2C3C4CCC(C4)C23)n1. The molecule has 0 aromatic carbocycles. The van der Waals surface area contributed by atoms with Crippen LogP contribution in [0.1, 0.15) is 43.8 Å². The van der Waals surface area contributed by atoms with E-state index in [0.29, 0.717) is 5.92 Å². The average molecular weight is 233 g/mol. The maximum absolute atomic E-state index is 5.75. The zero-order valence-electron chi connectivity index (χ0n) is 10.2. The minimum atomic E-state index is 0.107. The fraction of sp³-hybridized carbons (Fsp3) is 0.846. The Bertz CT molecular complexity index is 426. The summed E-state index contributed by atoms with van der Waals surface area (Å²) in [5.74, 6) is 5.93. The molecular formula is C13H19N3O. The number of hydrogen-bond acceptors (Lipinski definition) is 4. The molecule has 3 aliphatic carbocycles. The number of fused-ring (bicyclic) bond motifs is 5. The van der Waals surface area contributed by atoms with Gasteiger partial charge in [-0.1, -0.05) is 5.16 Å². The maximum atomic E-state index is 5.75. The van der Waals surface area contributed by atoms with Gasteiger partial charge in [0, 0.05) is 18.4 Å². The highest BCUT2D eigenvalue weighted by molar-refractivity contribution is 5.22. The van der Waals surface area contributed by atoms with E-state index in [4.69, 9.17) is 10.3 Å². The van der Waals surface area contributed by atoms with Crippen molar-refractivity contribution in [1.29, 1.82) is 0 Å². The maximum Gasteiger partial charge on any atom is 0.230 e. The first kappa shape index (κ1) is 10.1. The Labute approximate surface area is 101 Å². The number of nitrogens with zero attached hydrogens (tertiary/aromatic N) is 2. The molecule has 0 spiro atoms. The van der Waals surface area contributed by atoms with Gasteiger partial charge in [-0.2, -0.15) is 4.98 Å². The molecule has 3 aliphatic rings.